The molecule has 2 saturated heterocycles. The van der Waals surface area contributed by atoms with Gasteiger partial charge in [0.25, 0.3) is 5.91 Å². The molecule has 1 amide bonds. The van der Waals surface area contributed by atoms with E-state index in [0.717, 1.165) is 24.3 Å². The van der Waals surface area contributed by atoms with Crippen molar-refractivity contribution in [1.82, 2.24) is 20.0 Å². The largest absolute Gasteiger partial charge is 0.330 e. The first-order valence-electron chi connectivity index (χ1n) is 8.32. The number of fused-ring (bicyclic) bond motifs is 1. The SMILES string of the molecule is Cc1cc(C(=O)N2C[C@@H]3CNC[C@@H]3[C@H]2c2cccc(F)c2)nn1C.Cl. The van der Waals surface area contributed by atoms with Gasteiger partial charge in [0.05, 0.1) is 6.04 Å². The number of likely N-dealkylation sites (tertiary alicyclic amines) is 1. The standard InChI is InChI=1S/C18H21FN4O.ClH/c1-11-6-16(21-22(11)2)18(24)23-10-13-8-20-9-15(13)17(23)12-4-3-5-14(19)7-12;/h3-7,13,15,17,20H,8-10H2,1-2H3;1H/t13-,15-,17+;/m0./s1. The Hall–Kier alpha value is -1.92. The lowest BCUT2D eigenvalue weighted by molar-refractivity contribution is 0.0707. The number of nitrogens with zero attached hydrogens (tertiary/aromatic N) is 3. The van der Waals surface area contributed by atoms with E-state index in [1.165, 1.54) is 6.07 Å². The van der Waals surface area contributed by atoms with Crippen LogP contribution in [0.25, 0.3) is 0 Å². The van der Waals surface area contributed by atoms with Gasteiger partial charge >= 0.3 is 0 Å². The summed E-state index contributed by atoms with van der Waals surface area (Å²) in [4.78, 5) is 14.9. The number of rotatable bonds is 2. The smallest absolute Gasteiger partial charge is 0.274 e. The molecule has 2 aromatic rings. The van der Waals surface area contributed by atoms with Crippen LogP contribution in [-0.4, -0.2) is 40.2 Å². The van der Waals surface area contributed by atoms with Crippen LogP contribution >= 0.6 is 12.4 Å². The second-order valence-corrected chi connectivity index (χ2v) is 6.83. The number of amides is 1. The number of hydrogen-bond acceptors (Lipinski definition) is 3. The normalized spacial score (nSPS) is 24.9. The fourth-order valence-corrected chi connectivity index (χ4v) is 4.06. The Bertz CT molecular complexity index is 774. The molecule has 0 aliphatic carbocycles. The minimum atomic E-state index is -0.261. The molecule has 0 unspecified atom stereocenters. The molecule has 7 heteroatoms. The Kier molecular flexibility index (Phi) is 4.84. The van der Waals surface area contributed by atoms with Crippen molar-refractivity contribution >= 4 is 18.3 Å². The van der Waals surface area contributed by atoms with Crippen LogP contribution in [0, 0.1) is 24.6 Å². The van der Waals surface area contributed by atoms with E-state index in [2.05, 4.69) is 10.4 Å². The summed E-state index contributed by atoms with van der Waals surface area (Å²) in [6, 6.07) is 8.34. The number of carbonyl (C=O) groups is 1. The van der Waals surface area contributed by atoms with Crippen LogP contribution < -0.4 is 5.32 Å². The van der Waals surface area contributed by atoms with Gasteiger partial charge in [0.2, 0.25) is 0 Å². The lowest BCUT2D eigenvalue weighted by atomic mass is 9.89. The van der Waals surface area contributed by atoms with Crippen molar-refractivity contribution in [3.8, 4) is 0 Å². The zero-order chi connectivity index (χ0) is 16.8. The molecule has 134 valence electrons. The van der Waals surface area contributed by atoms with Gasteiger partial charge < -0.3 is 10.2 Å². The van der Waals surface area contributed by atoms with Crippen LogP contribution in [0.4, 0.5) is 4.39 Å². The molecule has 3 atom stereocenters. The highest BCUT2D eigenvalue weighted by atomic mass is 35.5. The van der Waals surface area contributed by atoms with E-state index in [4.69, 9.17) is 0 Å². The van der Waals surface area contributed by atoms with E-state index in [1.807, 2.05) is 31.0 Å². The topological polar surface area (TPSA) is 50.2 Å². The van der Waals surface area contributed by atoms with Crippen molar-refractivity contribution in [2.45, 2.75) is 13.0 Å². The molecule has 25 heavy (non-hydrogen) atoms. The fourth-order valence-electron chi connectivity index (χ4n) is 4.06. The predicted molar refractivity (Wildman–Crippen MR) is 95.2 cm³/mol. The third-order valence-corrected chi connectivity index (χ3v) is 5.35. The Morgan fingerprint density at radius 1 is 1.32 bits per heavy atom. The Morgan fingerprint density at radius 3 is 2.80 bits per heavy atom. The molecule has 3 heterocycles. The van der Waals surface area contributed by atoms with Crippen LogP contribution in [0.3, 0.4) is 0 Å². The maximum atomic E-state index is 13.7. The zero-order valence-corrected chi connectivity index (χ0v) is 15.1. The van der Waals surface area contributed by atoms with Crippen LogP contribution in [0.1, 0.15) is 27.8 Å². The van der Waals surface area contributed by atoms with Crippen molar-refractivity contribution < 1.29 is 9.18 Å². The number of aryl methyl sites for hydroxylation is 2. The van der Waals surface area contributed by atoms with E-state index >= 15 is 0 Å². The molecular weight excluding hydrogens is 343 g/mol. The monoisotopic (exact) mass is 364 g/mol. The van der Waals surface area contributed by atoms with Gasteiger partial charge in [-0.3, -0.25) is 9.48 Å². The molecule has 1 N–H and O–H groups in total. The van der Waals surface area contributed by atoms with E-state index < -0.39 is 0 Å². The molecule has 4 rings (SSSR count). The van der Waals surface area contributed by atoms with Gasteiger partial charge in [0.1, 0.15) is 5.82 Å². The highest BCUT2D eigenvalue weighted by molar-refractivity contribution is 5.93. The van der Waals surface area contributed by atoms with Gasteiger partial charge in [-0.05, 0) is 36.6 Å². The minimum Gasteiger partial charge on any atom is -0.330 e. The molecule has 2 aliphatic rings. The molecule has 0 bridgehead atoms. The van der Waals surface area contributed by atoms with Gasteiger partial charge in [-0.1, -0.05) is 12.1 Å². The van der Waals surface area contributed by atoms with Gasteiger partial charge in [0, 0.05) is 38.3 Å². The summed E-state index contributed by atoms with van der Waals surface area (Å²) in [6.07, 6.45) is 0. The van der Waals surface area contributed by atoms with Crippen LogP contribution in [0.5, 0.6) is 0 Å². The first-order chi connectivity index (χ1) is 11.5. The summed E-state index contributed by atoms with van der Waals surface area (Å²) in [5, 5.41) is 7.73. The highest BCUT2D eigenvalue weighted by Gasteiger charge is 2.47. The fraction of sp³-hybridized carbons (Fsp3) is 0.444. The summed E-state index contributed by atoms with van der Waals surface area (Å²) in [7, 11) is 1.83. The third kappa shape index (κ3) is 3.04. The molecule has 2 aliphatic heterocycles. The number of hydrogen-bond donors (Lipinski definition) is 1. The van der Waals surface area contributed by atoms with Crippen molar-refractivity contribution in [3.05, 3.63) is 53.1 Å². The van der Waals surface area contributed by atoms with E-state index in [9.17, 15) is 9.18 Å². The quantitative estimate of drug-likeness (QED) is 0.889. The van der Waals surface area contributed by atoms with Gasteiger partial charge in [-0.15, -0.1) is 12.4 Å². The van der Waals surface area contributed by atoms with Crippen LogP contribution in [0.2, 0.25) is 0 Å². The second-order valence-electron chi connectivity index (χ2n) is 6.83. The molecule has 1 aromatic heterocycles. The Balaban J connectivity index is 0.00000182. The molecule has 1 aromatic carbocycles. The summed E-state index contributed by atoms with van der Waals surface area (Å²) in [5.41, 5.74) is 2.28. The maximum Gasteiger partial charge on any atom is 0.274 e. The van der Waals surface area contributed by atoms with Crippen LogP contribution in [0.15, 0.2) is 30.3 Å². The molecule has 2 fully saturated rings. The van der Waals surface area contributed by atoms with Crippen LogP contribution in [-0.2, 0) is 7.05 Å². The Labute approximate surface area is 152 Å². The number of aromatic nitrogens is 2. The third-order valence-electron chi connectivity index (χ3n) is 5.35. The molecular formula is C18H22ClFN4O. The van der Waals surface area contributed by atoms with E-state index in [-0.39, 0.29) is 30.2 Å². The summed E-state index contributed by atoms with van der Waals surface area (Å²) >= 11 is 0. The second kappa shape index (κ2) is 6.77. The molecule has 0 saturated carbocycles. The molecule has 5 nitrogen and oxygen atoms in total. The average molecular weight is 365 g/mol. The Morgan fingerprint density at radius 2 is 2.12 bits per heavy atom. The zero-order valence-electron chi connectivity index (χ0n) is 14.3. The van der Waals surface area contributed by atoms with E-state index in [0.29, 0.717) is 24.1 Å². The summed E-state index contributed by atoms with van der Waals surface area (Å²) in [6.45, 7) is 4.38. The first kappa shape index (κ1) is 17.9. The van der Waals surface area contributed by atoms with Gasteiger partial charge in [-0.2, -0.15) is 5.10 Å². The van der Waals surface area contributed by atoms with Gasteiger partial charge in [-0.25, -0.2) is 4.39 Å². The van der Waals surface area contributed by atoms with Gasteiger partial charge in [0.15, 0.2) is 5.69 Å². The van der Waals surface area contributed by atoms with Crippen molar-refractivity contribution in [3.63, 3.8) is 0 Å². The van der Waals surface area contributed by atoms with Crippen molar-refractivity contribution in [2.24, 2.45) is 18.9 Å². The lowest BCUT2D eigenvalue weighted by Crippen LogP contribution is -2.35. The highest BCUT2D eigenvalue weighted by Crippen LogP contribution is 2.43. The van der Waals surface area contributed by atoms with E-state index in [1.54, 1.807) is 16.8 Å². The number of nitrogens with one attached hydrogen (secondary N) is 1. The summed E-state index contributed by atoms with van der Waals surface area (Å²) < 4.78 is 15.4. The maximum absolute atomic E-state index is 13.7. The van der Waals surface area contributed by atoms with Crippen molar-refractivity contribution in [1.29, 1.82) is 0 Å². The molecule has 0 radical (unpaired) electrons. The lowest BCUT2D eigenvalue weighted by Gasteiger charge is -2.28. The predicted octanol–water partition coefficient (Wildman–Crippen LogP) is 2.32. The summed E-state index contributed by atoms with van der Waals surface area (Å²) in [5.74, 6) is 0.401. The number of carbonyl (C=O) groups excluding carboxylic acids is 1. The first-order valence-corrected chi connectivity index (χ1v) is 8.32. The number of halogens is 2. The average Bonchev–Trinajstić information content (AvgIpc) is 3.21. The number of benzene rings is 1. The van der Waals surface area contributed by atoms with Crippen molar-refractivity contribution in [2.75, 3.05) is 19.6 Å². The molecule has 0 spiro atoms. The minimum absolute atomic E-state index is 0.